The Morgan fingerprint density at radius 1 is 1.30 bits per heavy atom. The van der Waals surface area contributed by atoms with E-state index in [2.05, 4.69) is 20.7 Å². The average molecular weight is 442 g/mol. The number of carbonyl (C=O) groups excluding carboxylic acids is 1. The predicted molar refractivity (Wildman–Crippen MR) is 101 cm³/mol. The number of halogens is 4. The van der Waals surface area contributed by atoms with Gasteiger partial charge in [-0.15, -0.1) is 0 Å². The minimum absolute atomic E-state index is 0.0884. The zero-order chi connectivity index (χ0) is 21.9. The lowest BCUT2D eigenvalue weighted by Gasteiger charge is -2.16. The van der Waals surface area contributed by atoms with Gasteiger partial charge in [0.15, 0.2) is 5.82 Å². The molecule has 1 amide bonds. The van der Waals surface area contributed by atoms with Crippen molar-refractivity contribution in [2.75, 3.05) is 5.32 Å². The van der Waals surface area contributed by atoms with Crippen molar-refractivity contribution in [3.63, 3.8) is 0 Å². The summed E-state index contributed by atoms with van der Waals surface area (Å²) >= 11 is 6.07. The molecule has 3 aromatic heterocycles. The molecule has 3 rings (SSSR count). The van der Waals surface area contributed by atoms with Crippen molar-refractivity contribution in [3.8, 4) is 5.82 Å². The molecule has 0 aromatic carbocycles. The van der Waals surface area contributed by atoms with Gasteiger partial charge in [0, 0.05) is 6.20 Å². The number of furan rings is 1. The number of nitrogens with one attached hydrogen (secondary N) is 2. The maximum Gasteiger partial charge on any atom is 0.417 e. The Morgan fingerprint density at radius 3 is 2.67 bits per heavy atom. The van der Waals surface area contributed by atoms with Crippen LogP contribution in [0.25, 0.3) is 5.82 Å². The van der Waals surface area contributed by atoms with E-state index in [1.54, 1.807) is 19.1 Å². The van der Waals surface area contributed by atoms with Crippen molar-refractivity contribution in [3.05, 3.63) is 69.6 Å². The highest BCUT2D eigenvalue weighted by atomic mass is 35.5. The van der Waals surface area contributed by atoms with Crippen LogP contribution in [0.3, 0.4) is 0 Å². The monoisotopic (exact) mass is 441 g/mol. The molecule has 158 valence electrons. The van der Waals surface area contributed by atoms with Crippen molar-refractivity contribution in [2.24, 2.45) is 0 Å². The van der Waals surface area contributed by atoms with Crippen molar-refractivity contribution in [1.29, 1.82) is 0 Å². The molecule has 3 aromatic rings. The van der Waals surface area contributed by atoms with E-state index < -0.39 is 23.3 Å². The number of pyridine rings is 1. The Hall–Kier alpha value is -3.34. The lowest BCUT2D eigenvalue weighted by molar-refractivity contribution is -0.137. The first-order chi connectivity index (χ1) is 14.2. The zero-order valence-electron chi connectivity index (χ0n) is 15.4. The first-order valence-electron chi connectivity index (χ1n) is 8.55. The molecule has 0 radical (unpaired) electrons. The second kappa shape index (κ2) is 8.57. The highest BCUT2D eigenvalue weighted by Crippen LogP contribution is 2.28. The quantitative estimate of drug-likeness (QED) is 0.609. The Balaban J connectivity index is 1.72. The van der Waals surface area contributed by atoms with E-state index in [0.717, 1.165) is 16.8 Å². The van der Waals surface area contributed by atoms with E-state index in [9.17, 15) is 22.8 Å². The molecule has 0 saturated heterocycles. The van der Waals surface area contributed by atoms with Crippen molar-refractivity contribution >= 4 is 23.2 Å². The Labute approximate surface area is 172 Å². The van der Waals surface area contributed by atoms with Gasteiger partial charge in [0.2, 0.25) is 5.91 Å². The number of carbonyl (C=O) groups is 1. The number of amides is 1. The predicted octanol–water partition coefficient (Wildman–Crippen LogP) is 3.01. The van der Waals surface area contributed by atoms with Gasteiger partial charge >= 0.3 is 6.18 Å². The summed E-state index contributed by atoms with van der Waals surface area (Å²) in [5.41, 5.74) is -1.68. The van der Waals surface area contributed by atoms with E-state index in [0.29, 0.717) is 12.0 Å². The van der Waals surface area contributed by atoms with Crippen LogP contribution in [-0.4, -0.2) is 26.7 Å². The largest absolute Gasteiger partial charge is 0.467 e. The molecule has 2 N–H and O–H groups in total. The molecule has 0 spiro atoms. The minimum Gasteiger partial charge on any atom is -0.467 e. The summed E-state index contributed by atoms with van der Waals surface area (Å²) in [7, 11) is 0. The maximum atomic E-state index is 12.6. The normalized spacial score (nSPS) is 12.4. The molecule has 0 aliphatic rings. The molecule has 0 saturated carbocycles. The van der Waals surface area contributed by atoms with E-state index in [-0.39, 0.29) is 29.0 Å². The minimum atomic E-state index is -4.55. The summed E-state index contributed by atoms with van der Waals surface area (Å²) in [6.07, 6.45) is -1.30. The molecular formula is C18H15ClF3N5O3. The highest BCUT2D eigenvalue weighted by Gasteiger charge is 2.30. The Kier molecular flexibility index (Phi) is 6.11. The molecule has 8 nitrogen and oxygen atoms in total. The first kappa shape index (κ1) is 21.4. The molecule has 30 heavy (non-hydrogen) atoms. The summed E-state index contributed by atoms with van der Waals surface area (Å²) in [5.74, 6) is 0.0589. The van der Waals surface area contributed by atoms with Crippen LogP contribution in [0.1, 0.15) is 18.2 Å². The zero-order valence-corrected chi connectivity index (χ0v) is 16.2. The van der Waals surface area contributed by atoms with Crippen molar-refractivity contribution in [2.45, 2.75) is 25.7 Å². The summed E-state index contributed by atoms with van der Waals surface area (Å²) in [4.78, 5) is 28.2. The van der Waals surface area contributed by atoms with E-state index in [1.807, 2.05) is 0 Å². The molecule has 1 unspecified atom stereocenters. The van der Waals surface area contributed by atoms with Gasteiger partial charge < -0.3 is 15.1 Å². The van der Waals surface area contributed by atoms with Crippen molar-refractivity contribution in [1.82, 2.24) is 20.1 Å². The van der Waals surface area contributed by atoms with E-state index in [1.165, 1.54) is 12.5 Å². The number of nitrogens with zero attached hydrogens (tertiary/aromatic N) is 3. The van der Waals surface area contributed by atoms with Crippen LogP contribution >= 0.6 is 11.6 Å². The fraction of sp³-hybridized carbons (Fsp3) is 0.222. The van der Waals surface area contributed by atoms with Gasteiger partial charge in [-0.2, -0.15) is 23.0 Å². The van der Waals surface area contributed by atoms with Gasteiger partial charge in [-0.1, -0.05) is 11.6 Å². The number of rotatable bonds is 6. The number of aromatic nitrogens is 3. The third-order valence-electron chi connectivity index (χ3n) is 3.99. The van der Waals surface area contributed by atoms with Crippen LogP contribution in [0.5, 0.6) is 0 Å². The third kappa shape index (κ3) is 4.79. The molecule has 0 fully saturated rings. The first-order valence-corrected chi connectivity index (χ1v) is 8.92. The summed E-state index contributed by atoms with van der Waals surface area (Å²) in [6.45, 7) is 1.74. The molecule has 0 aliphatic heterocycles. The van der Waals surface area contributed by atoms with E-state index >= 15 is 0 Å². The summed E-state index contributed by atoms with van der Waals surface area (Å²) in [5, 5.41) is 8.99. The molecule has 3 heterocycles. The summed E-state index contributed by atoms with van der Waals surface area (Å²) < 4.78 is 43.8. The standard InChI is InChI=1S/C18H15ClF3N5O3/c1-10(16(28)24-8-12-3-2-6-30-12)26-13-9-25-27(17(29)15(13)19)14-5-4-11(7-23-14)18(20,21)22/h2-7,9-10,26H,8H2,1H3,(H,24,28). The lowest BCUT2D eigenvalue weighted by Crippen LogP contribution is -2.37. The van der Waals surface area contributed by atoms with Gasteiger partial charge in [-0.05, 0) is 31.2 Å². The molecule has 0 bridgehead atoms. The maximum absolute atomic E-state index is 12.6. The second-order valence-corrected chi connectivity index (χ2v) is 6.53. The van der Waals surface area contributed by atoms with Gasteiger partial charge in [0.05, 0.1) is 30.3 Å². The average Bonchev–Trinajstić information content (AvgIpc) is 3.23. The van der Waals surface area contributed by atoms with Crippen LogP contribution in [0.2, 0.25) is 5.02 Å². The van der Waals surface area contributed by atoms with Gasteiger partial charge in [0.25, 0.3) is 5.56 Å². The Morgan fingerprint density at radius 2 is 2.07 bits per heavy atom. The SMILES string of the molecule is CC(Nc1cnn(-c2ccc(C(F)(F)F)cn2)c(=O)c1Cl)C(=O)NCc1ccco1. The number of hydrogen-bond acceptors (Lipinski definition) is 6. The lowest BCUT2D eigenvalue weighted by atomic mass is 10.2. The smallest absolute Gasteiger partial charge is 0.417 e. The van der Waals surface area contributed by atoms with Gasteiger partial charge in [-0.25, -0.2) is 4.98 Å². The van der Waals surface area contributed by atoms with Crippen LogP contribution in [0.15, 0.2) is 52.1 Å². The van der Waals surface area contributed by atoms with Crippen LogP contribution in [-0.2, 0) is 17.5 Å². The third-order valence-corrected chi connectivity index (χ3v) is 4.36. The van der Waals surface area contributed by atoms with E-state index in [4.69, 9.17) is 16.0 Å². The highest BCUT2D eigenvalue weighted by molar-refractivity contribution is 6.33. The van der Waals surface area contributed by atoms with Crippen LogP contribution in [0, 0.1) is 0 Å². The number of hydrogen-bond donors (Lipinski definition) is 2. The Bertz CT molecular complexity index is 1080. The van der Waals surface area contributed by atoms with Crippen molar-refractivity contribution < 1.29 is 22.4 Å². The molecular weight excluding hydrogens is 427 g/mol. The fourth-order valence-corrected chi connectivity index (χ4v) is 2.60. The van der Waals surface area contributed by atoms with Crippen LogP contribution < -0.4 is 16.2 Å². The van der Waals surface area contributed by atoms with Gasteiger partial charge in [-0.3, -0.25) is 9.59 Å². The number of anilines is 1. The summed E-state index contributed by atoms with van der Waals surface area (Å²) in [6, 6.07) is 4.41. The van der Waals surface area contributed by atoms with Gasteiger partial charge in [0.1, 0.15) is 16.8 Å². The molecule has 0 aliphatic carbocycles. The second-order valence-electron chi connectivity index (χ2n) is 6.16. The van der Waals surface area contributed by atoms with Crippen LogP contribution in [0.4, 0.5) is 18.9 Å². The topological polar surface area (TPSA) is 102 Å². The molecule has 12 heteroatoms. The fourth-order valence-electron chi connectivity index (χ4n) is 2.41. The number of alkyl halides is 3. The molecule has 1 atom stereocenters.